The smallest absolute Gasteiger partial charge is 0.416 e. The first-order valence-electron chi connectivity index (χ1n) is 9.31. The van der Waals surface area contributed by atoms with Crippen LogP contribution in [0, 0.1) is 18.3 Å². The highest BCUT2D eigenvalue weighted by atomic mass is 19.4. The highest BCUT2D eigenvalue weighted by Crippen LogP contribution is 2.40. The Kier molecular flexibility index (Phi) is 8.11. The van der Waals surface area contributed by atoms with Crippen LogP contribution in [0.25, 0.3) is 0 Å². The van der Waals surface area contributed by atoms with E-state index in [2.05, 4.69) is 11.2 Å². The lowest BCUT2D eigenvalue weighted by atomic mass is 9.80. The Morgan fingerprint density at radius 2 is 2.03 bits per heavy atom. The summed E-state index contributed by atoms with van der Waals surface area (Å²) in [6, 6.07) is 4.80. The molecule has 29 heavy (non-hydrogen) atoms. The van der Waals surface area contributed by atoms with Crippen LogP contribution >= 0.6 is 0 Å². The third-order valence-electron chi connectivity index (χ3n) is 4.61. The lowest BCUT2D eigenvalue weighted by Crippen LogP contribution is -2.39. The van der Waals surface area contributed by atoms with Crippen molar-refractivity contribution in [3.05, 3.63) is 47.2 Å². The summed E-state index contributed by atoms with van der Waals surface area (Å²) in [6.07, 6.45) is 2.48. The van der Waals surface area contributed by atoms with Gasteiger partial charge in [0.05, 0.1) is 12.1 Å². The minimum Gasteiger partial charge on any atom is -0.459 e. The number of aliphatic hydroxyl groups excluding tert-OH is 1. The summed E-state index contributed by atoms with van der Waals surface area (Å²) in [6.45, 7) is 2.06. The number of aliphatic hydroxyl groups is 1. The Labute approximate surface area is 167 Å². The molecule has 1 aromatic carbocycles. The van der Waals surface area contributed by atoms with Gasteiger partial charge in [-0.1, -0.05) is 18.1 Å². The molecule has 2 rings (SSSR count). The Morgan fingerprint density at radius 1 is 1.34 bits per heavy atom. The summed E-state index contributed by atoms with van der Waals surface area (Å²) in [5, 5.41) is 11.7. The second-order valence-electron chi connectivity index (χ2n) is 6.53. The molecule has 2 N–H and O–H groups in total. The Hall–Kier alpha value is -2.50. The molecule has 0 saturated carbocycles. The molecule has 1 aromatic rings. The predicted octanol–water partition coefficient (Wildman–Crippen LogP) is 3.20. The first-order valence-corrected chi connectivity index (χ1v) is 9.31. The summed E-state index contributed by atoms with van der Waals surface area (Å²) in [7, 11) is 0. The molecule has 0 spiro atoms. The maximum Gasteiger partial charge on any atom is 0.416 e. The molecule has 1 aliphatic rings. The van der Waals surface area contributed by atoms with Gasteiger partial charge in [0.1, 0.15) is 0 Å². The molecule has 0 aliphatic carbocycles. The van der Waals surface area contributed by atoms with Crippen LogP contribution in [0.2, 0.25) is 0 Å². The first kappa shape index (κ1) is 22.8. The number of alkyl halides is 3. The number of ether oxygens (including phenoxy) is 2. The van der Waals surface area contributed by atoms with Gasteiger partial charge in [0.15, 0.2) is 5.76 Å². The number of halogens is 3. The number of nitrogens with one attached hydrogen (secondary N) is 1. The van der Waals surface area contributed by atoms with E-state index in [4.69, 9.17) is 15.9 Å². The number of terminal acetylenes is 1. The monoisotopic (exact) mass is 411 g/mol. The van der Waals surface area contributed by atoms with Crippen molar-refractivity contribution in [3.63, 3.8) is 0 Å². The minimum atomic E-state index is -4.44. The predicted molar refractivity (Wildman–Crippen MR) is 100 cm³/mol. The van der Waals surface area contributed by atoms with E-state index in [1.54, 1.807) is 13.0 Å². The lowest BCUT2D eigenvalue weighted by Gasteiger charge is -2.37. The summed E-state index contributed by atoms with van der Waals surface area (Å²) in [5.74, 6) is 1.06. The van der Waals surface area contributed by atoms with Crippen molar-refractivity contribution in [3.8, 4) is 12.3 Å². The third kappa shape index (κ3) is 5.99. The van der Waals surface area contributed by atoms with E-state index in [0.29, 0.717) is 25.0 Å². The number of rotatable bonds is 8. The average Bonchev–Trinajstić information content (AvgIpc) is 2.70. The highest BCUT2D eigenvalue weighted by Gasteiger charge is 2.38. The number of carbonyl (C=O) groups is 1. The standard InChI is InChI=1S/C21H24F3NO4/c1-3-11-25-19(27)18-13-17(14-7-9-15(10-8-14)21(22,23)24)16(6-5-12-26)20(29-18)28-4-2/h1,7-10,13,16-17,20,26H,4-6,11-12H2,2H3,(H,25,27)/t16-,17-,20-/m0/s1. The van der Waals surface area contributed by atoms with Gasteiger partial charge in [-0.15, -0.1) is 6.42 Å². The van der Waals surface area contributed by atoms with Gasteiger partial charge in [-0.25, -0.2) is 0 Å². The fourth-order valence-corrected chi connectivity index (χ4v) is 3.26. The number of hydrogen-bond acceptors (Lipinski definition) is 4. The summed E-state index contributed by atoms with van der Waals surface area (Å²) >= 11 is 0. The van der Waals surface area contributed by atoms with Crippen LogP contribution in [0.3, 0.4) is 0 Å². The van der Waals surface area contributed by atoms with Gasteiger partial charge in [-0.05, 0) is 43.5 Å². The Balaban J connectivity index is 2.41. The number of allylic oxidation sites excluding steroid dienone is 1. The van der Waals surface area contributed by atoms with Gasteiger partial charge in [-0.3, -0.25) is 4.79 Å². The molecule has 0 aromatic heterocycles. The Bertz CT molecular complexity index is 753. The number of carbonyl (C=O) groups excluding carboxylic acids is 1. The second kappa shape index (κ2) is 10.3. The molecule has 8 heteroatoms. The van der Waals surface area contributed by atoms with Crippen LogP contribution in [0.5, 0.6) is 0 Å². The molecule has 5 nitrogen and oxygen atoms in total. The van der Waals surface area contributed by atoms with E-state index in [0.717, 1.165) is 12.1 Å². The van der Waals surface area contributed by atoms with Crippen LogP contribution in [-0.2, 0) is 20.4 Å². The maximum atomic E-state index is 12.9. The topological polar surface area (TPSA) is 67.8 Å². The van der Waals surface area contributed by atoms with Gasteiger partial charge in [-0.2, -0.15) is 13.2 Å². The van der Waals surface area contributed by atoms with Crippen LogP contribution in [-0.4, -0.2) is 37.1 Å². The number of benzene rings is 1. The van der Waals surface area contributed by atoms with Crippen molar-refractivity contribution < 1.29 is 32.5 Å². The van der Waals surface area contributed by atoms with Gasteiger partial charge in [0.25, 0.3) is 5.91 Å². The van der Waals surface area contributed by atoms with E-state index < -0.39 is 29.9 Å². The minimum absolute atomic E-state index is 0.00356. The van der Waals surface area contributed by atoms with E-state index in [1.165, 1.54) is 12.1 Å². The molecule has 0 bridgehead atoms. The lowest BCUT2D eigenvalue weighted by molar-refractivity contribution is -0.166. The largest absolute Gasteiger partial charge is 0.459 e. The van der Waals surface area contributed by atoms with E-state index in [1.807, 2.05) is 0 Å². The van der Waals surface area contributed by atoms with Crippen LogP contribution in [0.15, 0.2) is 36.1 Å². The normalized spacial score (nSPS) is 21.7. The van der Waals surface area contributed by atoms with E-state index in [9.17, 15) is 23.1 Å². The zero-order valence-electron chi connectivity index (χ0n) is 16.0. The SMILES string of the molecule is C#CCNC(=O)C1=C[C@@H](c2ccc(C(F)(F)F)cc2)[C@H](CCCO)[C@@H](OCC)O1. The molecule has 1 amide bonds. The van der Waals surface area contributed by atoms with Crippen molar-refractivity contribution in [2.45, 2.75) is 38.1 Å². The number of amides is 1. The zero-order chi connectivity index (χ0) is 21.4. The number of hydrogen-bond donors (Lipinski definition) is 2. The molecular formula is C21H24F3NO4. The van der Waals surface area contributed by atoms with Crippen LogP contribution < -0.4 is 5.32 Å². The van der Waals surface area contributed by atoms with Gasteiger partial charge in [0, 0.05) is 25.0 Å². The zero-order valence-corrected chi connectivity index (χ0v) is 16.0. The fraction of sp³-hybridized carbons (Fsp3) is 0.476. The van der Waals surface area contributed by atoms with Crippen LogP contribution in [0.4, 0.5) is 13.2 Å². The molecule has 0 radical (unpaired) electrons. The summed E-state index contributed by atoms with van der Waals surface area (Å²) < 4.78 is 50.1. The molecule has 3 atom stereocenters. The summed E-state index contributed by atoms with van der Waals surface area (Å²) in [5.41, 5.74) is -0.159. The Morgan fingerprint density at radius 3 is 2.59 bits per heavy atom. The average molecular weight is 411 g/mol. The van der Waals surface area contributed by atoms with Crippen molar-refractivity contribution in [1.29, 1.82) is 0 Å². The molecule has 0 fully saturated rings. The summed E-state index contributed by atoms with van der Waals surface area (Å²) in [4.78, 5) is 12.3. The van der Waals surface area contributed by atoms with E-state index >= 15 is 0 Å². The van der Waals surface area contributed by atoms with E-state index in [-0.39, 0.29) is 24.8 Å². The van der Waals surface area contributed by atoms with Crippen molar-refractivity contribution >= 4 is 5.91 Å². The molecular weight excluding hydrogens is 387 g/mol. The third-order valence-corrected chi connectivity index (χ3v) is 4.61. The second-order valence-corrected chi connectivity index (χ2v) is 6.53. The fourth-order valence-electron chi connectivity index (χ4n) is 3.26. The van der Waals surface area contributed by atoms with Crippen molar-refractivity contribution in [2.24, 2.45) is 5.92 Å². The van der Waals surface area contributed by atoms with Crippen LogP contribution in [0.1, 0.15) is 36.8 Å². The van der Waals surface area contributed by atoms with Crippen molar-refractivity contribution in [1.82, 2.24) is 5.32 Å². The van der Waals surface area contributed by atoms with Crippen molar-refractivity contribution in [2.75, 3.05) is 19.8 Å². The first-order chi connectivity index (χ1) is 13.8. The van der Waals surface area contributed by atoms with Gasteiger partial charge >= 0.3 is 6.18 Å². The highest BCUT2D eigenvalue weighted by molar-refractivity contribution is 5.91. The molecule has 0 unspecified atom stereocenters. The van der Waals surface area contributed by atoms with Gasteiger partial charge < -0.3 is 19.9 Å². The van der Waals surface area contributed by atoms with Gasteiger partial charge in [0.2, 0.25) is 6.29 Å². The molecule has 1 aliphatic heterocycles. The molecule has 158 valence electrons. The maximum absolute atomic E-state index is 12.9. The quantitative estimate of drug-likeness (QED) is 0.645. The molecule has 1 heterocycles. The molecule has 0 saturated heterocycles.